The molecule has 0 radical (unpaired) electrons. The first-order valence-electron chi connectivity index (χ1n) is 8.44. The number of likely N-dealkylation sites (tertiary alicyclic amines) is 1. The first-order valence-corrected chi connectivity index (χ1v) is 8.44. The number of nitrogens with zero attached hydrogens (tertiary/aromatic N) is 1. The van der Waals surface area contributed by atoms with E-state index in [0.717, 1.165) is 11.1 Å². The summed E-state index contributed by atoms with van der Waals surface area (Å²) in [5.74, 6) is -1.45. The number of aryl methyl sites for hydroxylation is 1. The van der Waals surface area contributed by atoms with Crippen molar-refractivity contribution in [1.82, 2.24) is 4.90 Å². The van der Waals surface area contributed by atoms with E-state index >= 15 is 0 Å². The molecule has 3 rings (SSSR count). The molecule has 1 heterocycles. The van der Waals surface area contributed by atoms with Gasteiger partial charge in [-0.15, -0.1) is 0 Å². The first kappa shape index (κ1) is 17.9. The third-order valence-corrected chi connectivity index (χ3v) is 4.52. The molecule has 2 aromatic rings. The highest BCUT2D eigenvalue weighted by Gasteiger charge is 2.45. The lowest BCUT2D eigenvalue weighted by atomic mass is 9.95. The van der Waals surface area contributed by atoms with Crippen molar-refractivity contribution in [1.29, 1.82) is 0 Å². The lowest BCUT2D eigenvalue weighted by molar-refractivity contribution is -0.140. The predicted octanol–water partition coefficient (Wildman–Crippen LogP) is 3.06. The molecular formula is C21H21NO4. The molecule has 0 aromatic heterocycles. The van der Waals surface area contributed by atoms with Crippen molar-refractivity contribution in [3.63, 3.8) is 0 Å². The Morgan fingerprint density at radius 3 is 2.35 bits per heavy atom. The SMILES string of the molecule is COCCN1C(=O)C(=O)/C(=C(/O)c2ccccc2)[C@H]1c1ccc(C)cc1. The number of ketones is 1. The van der Waals surface area contributed by atoms with Gasteiger partial charge in [0.25, 0.3) is 11.7 Å². The van der Waals surface area contributed by atoms with E-state index in [0.29, 0.717) is 12.2 Å². The number of carbonyl (C=O) groups excluding carboxylic acids is 2. The van der Waals surface area contributed by atoms with Crippen LogP contribution in [0, 0.1) is 6.92 Å². The van der Waals surface area contributed by atoms with Gasteiger partial charge in [-0.2, -0.15) is 0 Å². The summed E-state index contributed by atoms with van der Waals surface area (Å²) in [4.78, 5) is 26.7. The van der Waals surface area contributed by atoms with Crippen LogP contribution < -0.4 is 0 Å². The Balaban J connectivity index is 2.15. The molecule has 0 aliphatic carbocycles. The number of benzene rings is 2. The molecule has 1 N–H and O–H groups in total. The van der Waals surface area contributed by atoms with Gasteiger partial charge in [-0.05, 0) is 12.5 Å². The number of amides is 1. The van der Waals surface area contributed by atoms with Gasteiger partial charge < -0.3 is 14.7 Å². The third kappa shape index (κ3) is 3.26. The minimum atomic E-state index is -0.673. The lowest BCUT2D eigenvalue weighted by Gasteiger charge is -2.25. The Bertz CT molecular complexity index is 840. The smallest absolute Gasteiger partial charge is 0.295 e. The number of methoxy groups -OCH3 is 1. The highest BCUT2D eigenvalue weighted by atomic mass is 16.5. The van der Waals surface area contributed by atoms with Gasteiger partial charge in [-0.3, -0.25) is 9.59 Å². The summed E-state index contributed by atoms with van der Waals surface area (Å²) in [5, 5.41) is 10.8. The average molecular weight is 351 g/mol. The maximum absolute atomic E-state index is 12.7. The molecule has 0 unspecified atom stereocenters. The molecule has 1 aliphatic heterocycles. The van der Waals surface area contributed by atoms with Crippen LogP contribution in [0.4, 0.5) is 0 Å². The quantitative estimate of drug-likeness (QED) is 0.511. The fourth-order valence-corrected chi connectivity index (χ4v) is 3.15. The summed E-state index contributed by atoms with van der Waals surface area (Å²) in [7, 11) is 1.54. The molecule has 2 aromatic carbocycles. The first-order chi connectivity index (χ1) is 12.5. The topological polar surface area (TPSA) is 66.8 Å². The number of aliphatic hydroxyl groups is 1. The maximum atomic E-state index is 12.7. The van der Waals surface area contributed by atoms with E-state index in [1.54, 1.807) is 31.4 Å². The van der Waals surface area contributed by atoms with Gasteiger partial charge in [0.15, 0.2) is 0 Å². The molecule has 1 amide bonds. The number of carbonyl (C=O) groups is 2. The van der Waals surface area contributed by atoms with Crippen molar-refractivity contribution in [3.05, 3.63) is 76.9 Å². The van der Waals surface area contributed by atoms with E-state index < -0.39 is 17.7 Å². The number of Topliss-reactive ketones (excluding diaryl/α,β-unsaturated/α-hetero) is 1. The summed E-state index contributed by atoms with van der Waals surface area (Å²) in [5.41, 5.74) is 2.48. The van der Waals surface area contributed by atoms with Crippen LogP contribution in [0.2, 0.25) is 0 Å². The van der Waals surface area contributed by atoms with Crippen molar-refractivity contribution in [2.75, 3.05) is 20.3 Å². The molecule has 0 bridgehead atoms. The van der Waals surface area contributed by atoms with Gasteiger partial charge in [-0.1, -0.05) is 60.2 Å². The van der Waals surface area contributed by atoms with Crippen molar-refractivity contribution < 1.29 is 19.4 Å². The summed E-state index contributed by atoms with van der Waals surface area (Å²) in [6.45, 7) is 2.54. The van der Waals surface area contributed by atoms with Crippen molar-refractivity contribution in [2.45, 2.75) is 13.0 Å². The zero-order chi connectivity index (χ0) is 18.7. The molecular weight excluding hydrogens is 330 g/mol. The lowest BCUT2D eigenvalue weighted by Crippen LogP contribution is -2.32. The highest BCUT2D eigenvalue weighted by molar-refractivity contribution is 6.46. The number of hydrogen-bond acceptors (Lipinski definition) is 4. The second-order valence-corrected chi connectivity index (χ2v) is 6.26. The standard InChI is InChI=1S/C21H21NO4/c1-14-8-10-15(11-9-14)18-17(19(23)16-6-4-3-5-7-16)20(24)21(25)22(18)12-13-26-2/h3-11,18,23H,12-13H2,1-2H3/b19-17+/t18-/m1/s1. The Morgan fingerprint density at radius 2 is 1.73 bits per heavy atom. The van der Waals surface area contributed by atoms with Crippen LogP contribution in [0.15, 0.2) is 60.2 Å². The molecule has 1 aliphatic rings. The van der Waals surface area contributed by atoms with Crippen molar-refractivity contribution >= 4 is 17.4 Å². The van der Waals surface area contributed by atoms with Crippen LogP contribution in [-0.4, -0.2) is 42.0 Å². The summed E-state index contributed by atoms with van der Waals surface area (Å²) < 4.78 is 5.09. The Morgan fingerprint density at radius 1 is 1.08 bits per heavy atom. The van der Waals surface area contributed by atoms with Crippen molar-refractivity contribution in [3.8, 4) is 0 Å². The molecule has 5 nitrogen and oxygen atoms in total. The second-order valence-electron chi connectivity index (χ2n) is 6.26. The average Bonchev–Trinajstić information content (AvgIpc) is 2.91. The second kappa shape index (κ2) is 7.54. The fourth-order valence-electron chi connectivity index (χ4n) is 3.15. The van der Waals surface area contributed by atoms with E-state index in [1.807, 2.05) is 37.3 Å². The number of ether oxygens (including phenoxy) is 1. The van der Waals surface area contributed by atoms with Crippen LogP contribution in [0.3, 0.4) is 0 Å². The van der Waals surface area contributed by atoms with E-state index in [-0.39, 0.29) is 17.9 Å². The Kier molecular flexibility index (Phi) is 5.19. The van der Waals surface area contributed by atoms with E-state index in [2.05, 4.69) is 0 Å². The van der Waals surface area contributed by atoms with Crippen LogP contribution in [-0.2, 0) is 14.3 Å². The molecule has 1 saturated heterocycles. The molecule has 1 atom stereocenters. The normalized spacial score (nSPS) is 19.2. The van der Waals surface area contributed by atoms with Gasteiger partial charge in [0.1, 0.15) is 5.76 Å². The Hall–Kier alpha value is -2.92. The zero-order valence-electron chi connectivity index (χ0n) is 14.8. The highest BCUT2D eigenvalue weighted by Crippen LogP contribution is 2.39. The van der Waals surface area contributed by atoms with Crippen LogP contribution >= 0.6 is 0 Å². The van der Waals surface area contributed by atoms with Crippen LogP contribution in [0.1, 0.15) is 22.7 Å². The third-order valence-electron chi connectivity index (χ3n) is 4.52. The van der Waals surface area contributed by atoms with Crippen molar-refractivity contribution in [2.24, 2.45) is 0 Å². The molecule has 134 valence electrons. The monoisotopic (exact) mass is 351 g/mol. The van der Waals surface area contributed by atoms with Gasteiger partial charge in [0, 0.05) is 19.2 Å². The summed E-state index contributed by atoms with van der Waals surface area (Å²) >= 11 is 0. The molecule has 5 heteroatoms. The number of rotatable bonds is 5. The Labute approximate surface area is 152 Å². The molecule has 26 heavy (non-hydrogen) atoms. The van der Waals surface area contributed by atoms with Gasteiger partial charge in [0.2, 0.25) is 0 Å². The van der Waals surface area contributed by atoms with E-state index in [9.17, 15) is 14.7 Å². The fraction of sp³-hybridized carbons (Fsp3) is 0.238. The van der Waals surface area contributed by atoms with E-state index in [4.69, 9.17) is 4.74 Å². The largest absolute Gasteiger partial charge is 0.507 e. The zero-order valence-corrected chi connectivity index (χ0v) is 14.8. The number of aliphatic hydroxyl groups excluding tert-OH is 1. The maximum Gasteiger partial charge on any atom is 0.295 e. The minimum Gasteiger partial charge on any atom is -0.507 e. The molecule has 0 saturated carbocycles. The van der Waals surface area contributed by atoms with Gasteiger partial charge >= 0.3 is 0 Å². The van der Waals surface area contributed by atoms with Crippen LogP contribution in [0.5, 0.6) is 0 Å². The molecule has 0 spiro atoms. The van der Waals surface area contributed by atoms with Crippen LogP contribution in [0.25, 0.3) is 5.76 Å². The minimum absolute atomic E-state index is 0.112. The predicted molar refractivity (Wildman–Crippen MR) is 98.5 cm³/mol. The summed E-state index contributed by atoms with van der Waals surface area (Å²) in [6.07, 6.45) is 0. The summed E-state index contributed by atoms with van der Waals surface area (Å²) in [6, 6.07) is 15.8. The molecule has 1 fully saturated rings. The number of hydrogen-bond donors (Lipinski definition) is 1. The van der Waals surface area contributed by atoms with Gasteiger partial charge in [-0.25, -0.2) is 0 Å². The van der Waals surface area contributed by atoms with E-state index in [1.165, 1.54) is 4.90 Å². The van der Waals surface area contributed by atoms with Gasteiger partial charge in [0.05, 0.1) is 18.2 Å².